The van der Waals surface area contributed by atoms with Crippen LogP contribution < -0.4 is 5.32 Å². The normalized spacial score (nSPS) is 15.2. The molecular weight excluding hydrogens is 351 g/mol. The van der Waals surface area contributed by atoms with Gasteiger partial charge in [-0.2, -0.15) is 0 Å². The molecule has 0 unspecified atom stereocenters. The van der Waals surface area contributed by atoms with Crippen LogP contribution in [0, 0.1) is 12.7 Å². The van der Waals surface area contributed by atoms with Crippen molar-refractivity contribution in [3.8, 4) is 0 Å². The van der Waals surface area contributed by atoms with Gasteiger partial charge in [0.25, 0.3) is 11.1 Å². The summed E-state index contributed by atoms with van der Waals surface area (Å²) in [4.78, 5) is 47.7. The largest absolute Gasteiger partial charge is 0.449 e. The molecule has 2 rings (SSSR count). The molecule has 134 valence electrons. The first-order chi connectivity index (χ1) is 11.8. The van der Waals surface area contributed by atoms with E-state index in [1.807, 2.05) is 0 Å². The summed E-state index contributed by atoms with van der Waals surface area (Å²) in [6.07, 6.45) is -1.10. The van der Waals surface area contributed by atoms with Gasteiger partial charge in [0.2, 0.25) is 5.91 Å². The molecule has 25 heavy (non-hydrogen) atoms. The van der Waals surface area contributed by atoms with E-state index in [9.17, 15) is 23.6 Å². The number of imide groups is 1. The van der Waals surface area contributed by atoms with Crippen LogP contribution in [0.15, 0.2) is 18.2 Å². The summed E-state index contributed by atoms with van der Waals surface area (Å²) in [7, 11) is 0. The van der Waals surface area contributed by atoms with E-state index in [0.717, 1.165) is 22.7 Å². The number of hydrogen-bond acceptors (Lipinski definition) is 6. The monoisotopic (exact) mass is 368 g/mol. The van der Waals surface area contributed by atoms with Crippen molar-refractivity contribution >= 4 is 34.8 Å². The molecule has 1 aliphatic heterocycles. The fraction of sp³-hybridized carbons (Fsp3) is 0.375. The number of halogens is 1. The first-order valence-electron chi connectivity index (χ1n) is 7.51. The van der Waals surface area contributed by atoms with E-state index in [1.54, 1.807) is 6.92 Å². The van der Waals surface area contributed by atoms with Gasteiger partial charge in [0.1, 0.15) is 5.82 Å². The number of thioether (sulfide) groups is 1. The van der Waals surface area contributed by atoms with Crippen molar-refractivity contribution in [3.05, 3.63) is 35.1 Å². The van der Waals surface area contributed by atoms with Crippen molar-refractivity contribution in [3.63, 3.8) is 0 Å². The molecule has 1 aromatic carbocycles. The fourth-order valence-electron chi connectivity index (χ4n) is 2.03. The van der Waals surface area contributed by atoms with Crippen LogP contribution in [-0.2, 0) is 14.3 Å². The number of nitrogens with one attached hydrogen (secondary N) is 1. The van der Waals surface area contributed by atoms with Crippen molar-refractivity contribution in [2.75, 3.05) is 18.8 Å². The fourth-order valence-corrected chi connectivity index (χ4v) is 2.79. The summed E-state index contributed by atoms with van der Waals surface area (Å²) in [6.45, 7) is 3.05. The lowest BCUT2D eigenvalue weighted by atomic mass is 10.1. The Bertz CT molecular complexity index is 708. The zero-order valence-corrected chi connectivity index (χ0v) is 14.5. The van der Waals surface area contributed by atoms with Gasteiger partial charge in [-0.3, -0.25) is 19.3 Å². The number of carbonyl (C=O) groups is 4. The molecule has 1 atom stereocenters. The summed E-state index contributed by atoms with van der Waals surface area (Å²) < 4.78 is 18.5. The van der Waals surface area contributed by atoms with E-state index in [-0.39, 0.29) is 35.6 Å². The van der Waals surface area contributed by atoms with E-state index in [4.69, 9.17) is 4.74 Å². The lowest BCUT2D eigenvalue weighted by molar-refractivity contribution is -0.130. The molecule has 0 spiro atoms. The third-order valence-electron chi connectivity index (χ3n) is 3.54. The molecule has 7 nitrogen and oxygen atoms in total. The molecule has 1 fully saturated rings. The minimum Gasteiger partial charge on any atom is -0.449 e. The number of nitrogens with zero attached hydrogens (tertiary/aromatic N) is 1. The third-order valence-corrected chi connectivity index (χ3v) is 4.39. The highest BCUT2D eigenvalue weighted by Gasteiger charge is 2.29. The minimum absolute atomic E-state index is 0.00744. The summed E-state index contributed by atoms with van der Waals surface area (Å²) >= 11 is 0.912. The van der Waals surface area contributed by atoms with Crippen LogP contribution in [0.4, 0.5) is 9.18 Å². The Morgan fingerprint density at radius 3 is 2.72 bits per heavy atom. The Kier molecular flexibility index (Phi) is 6.13. The molecule has 0 bridgehead atoms. The highest BCUT2D eigenvalue weighted by molar-refractivity contribution is 8.14. The van der Waals surface area contributed by atoms with E-state index < -0.39 is 23.8 Å². The van der Waals surface area contributed by atoms with E-state index >= 15 is 0 Å². The summed E-state index contributed by atoms with van der Waals surface area (Å²) in [6, 6.07) is 3.90. The van der Waals surface area contributed by atoms with E-state index in [1.165, 1.54) is 19.1 Å². The minimum atomic E-state index is -1.10. The number of amides is 3. The van der Waals surface area contributed by atoms with Crippen LogP contribution in [0.1, 0.15) is 22.8 Å². The maximum Gasteiger partial charge on any atom is 0.339 e. The van der Waals surface area contributed by atoms with Gasteiger partial charge >= 0.3 is 5.97 Å². The number of esters is 1. The number of benzene rings is 1. The van der Waals surface area contributed by atoms with Crippen LogP contribution in [0.5, 0.6) is 0 Å². The first kappa shape index (κ1) is 18.9. The molecule has 1 heterocycles. The maximum atomic E-state index is 13.5. The lowest BCUT2D eigenvalue weighted by Crippen LogP contribution is -2.41. The van der Waals surface area contributed by atoms with E-state index in [2.05, 4.69) is 5.32 Å². The second-order valence-electron chi connectivity index (χ2n) is 5.40. The topological polar surface area (TPSA) is 92.8 Å². The van der Waals surface area contributed by atoms with Crippen LogP contribution in [-0.4, -0.2) is 52.9 Å². The van der Waals surface area contributed by atoms with Crippen molar-refractivity contribution in [2.45, 2.75) is 20.0 Å². The number of aryl methyl sites for hydroxylation is 1. The number of hydrogen-bond donors (Lipinski definition) is 1. The molecule has 1 aromatic rings. The molecule has 0 radical (unpaired) electrons. The zero-order valence-electron chi connectivity index (χ0n) is 13.7. The van der Waals surface area contributed by atoms with Crippen LogP contribution in [0.3, 0.4) is 0 Å². The molecule has 9 heteroatoms. The van der Waals surface area contributed by atoms with Crippen molar-refractivity contribution in [2.24, 2.45) is 0 Å². The average molecular weight is 368 g/mol. The number of ether oxygens (including phenoxy) is 1. The van der Waals surface area contributed by atoms with Crippen molar-refractivity contribution in [1.29, 1.82) is 0 Å². The Morgan fingerprint density at radius 1 is 1.40 bits per heavy atom. The van der Waals surface area contributed by atoms with Gasteiger partial charge in [-0.25, -0.2) is 9.18 Å². The van der Waals surface area contributed by atoms with Gasteiger partial charge in [-0.15, -0.1) is 0 Å². The molecule has 0 aliphatic carbocycles. The molecule has 1 N–H and O–H groups in total. The van der Waals surface area contributed by atoms with Gasteiger partial charge in [0.15, 0.2) is 6.10 Å². The smallest absolute Gasteiger partial charge is 0.339 e. The van der Waals surface area contributed by atoms with Gasteiger partial charge in [0.05, 0.1) is 11.3 Å². The Morgan fingerprint density at radius 2 is 2.12 bits per heavy atom. The molecule has 0 saturated carbocycles. The van der Waals surface area contributed by atoms with Crippen molar-refractivity contribution in [1.82, 2.24) is 10.2 Å². The standard InChI is InChI=1S/C16H17FN2O5S/c1-9-3-4-11(7-12(9)17)15(22)24-10(2)14(21)18-5-6-19-13(20)8-25-16(19)23/h3-4,7,10H,5-6,8H2,1-2H3,(H,18,21)/t10-/m0/s1. The highest BCUT2D eigenvalue weighted by Crippen LogP contribution is 2.17. The Balaban J connectivity index is 1.81. The lowest BCUT2D eigenvalue weighted by Gasteiger charge is -2.16. The van der Waals surface area contributed by atoms with Gasteiger partial charge in [-0.1, -0.05) is 17.8 Å². The zero-order chi connectivity index (χ0) is 18.6. The molecule has 3 amide bonds. The Labute approximate surface area is 147 Å². The second-order valence-corrected chi connectivity index (χ2v) is 6.33. The maximum absolute atomic E-state index is 13.5. The predicted molar refractivity (Wildman–Crippen MR) is 88.6 cm³/mol. The summed E-state index contributed by atoms with van der Waals surface area (Å²) in [5, 5.41) is 2.14. The third kappa shape index (κ3) is 4.79. The average Bonchev–Trinajstić information content (AvgIpc) is 2.88. The summed E-state index contributed by atoms with van der Waals surface area (Å²) in [5.41, 5.74) is 0.402. The van der Waals surface area contributed by atoms with Gasteiger partial charge in [-0.05, 0) is 31.5 Å². The van der Waals surface area contributed by atoms with E-state index in [0.29, 0.717) is 5.56 Å². The summed E-state index contributed by atoms with van der Waals surface area (Å²) in [5.74, 6) is -2.13. The van der Waals surface area contributed by atoms with Crippen LogP contribution in [0.25, 0.3) is 0 Å². The van der Waals surface area contributed by atoms with Crippen LogP contribution in [0.2, 0.25) is 0 Å². The molecule has 1 aliphatic rings. The molecular formula is C16H17FN2O5S. The SMILES string of the molecule is Cc1ccc(C(=O)O[C@@H](C)C(=O)NCCN2C(=O)CSC2=O)cc1F. The molecule has 1 saturated heterocycles. The van der Waals surface area contributed by atoms with Crippen LogP contribution >= 0.6 is 11.8 Å². The number of carbonyl (C=O) groups excluding carboxylic acids is 4. The van der Waals surface area contributed by atoms with Crippen molar-refractivity contribution < 1.29 is 28.3 Å². The highest BCUT2D eigenvalue weighted by atomic mass is 32.2. The van der Waals surface area contributed by atoms with Gasteiger partial charge in [0, 0.05) is 13.1 Å². The number of rotatable bonds is 6. The predicted octanol–water partition coefficient (Wildman–Crippen LogP) is 1.49. The quantitative estimate of drug-likeness (QED) is 0.765. The first-order valence-corrected chi connectivity index (χ1v) is 8.50. The van der Waals surface area contributed by atoms with Gasteiger partial charge < -0.3 is 10.1 Å². The Hall–Kier alpha value is -2.42. The second kappa shape index (κ2) is 8.11. The molecule has 0 aromatic heterocycles.